The first-order valence-electron chi connectivity index (χ1n) is 6.13. The van der Waals surface area contributed by atoms with E-state index in [0.717, 1.165) is 0 Å². The summed E-state index contributed by atoms with van der Waals surface area (Å²) in [4.78, 5) is 0. The Morgan fingerprint density at radius 1 is 0.700 bits per heavy atom. The van der Waals surface area contributed by atoms with Crippen molar-refractivity contribution in [1.82, 2.24) is 0 Å². The maximum atomic E-state index is 7.50. The van der Waals surface area contributed by atoms with Crippen LogP contribution in [0.3, 0.4) is 0 Å². The number of hydrogen-bond donors (Lipinski definition) is 0. The Bertz CT molecular complexity index is 162. The number of rotatable bonds is 0. The Hall–Kier alpha value is 0.217. The molecular weight excluding hydrogens is 428 g/mol. The number of hydrogen-bond acceptors (Lipinski definition) is 1. The van der Waals surface area contributed by atoms with Crippen molar-refractivity contribution in [2.75, 3.05) is 0 Å². The summed E-state index contributed by atoms with van der Waals surface area (Å²) in [6.45, 7) is 10.4. The molecule has 0 aromatic rings. The van der Waals surface area contributed by atoms with Crippen LogP contribution in [0.5, 0.6) is 0 Å². The van der Waals surface area contributed by atoms with E-state index in [1.165, 1.54) is 71.1 Å². The molecule has 2 rings (SSSR count). The van der Waals surface area contributed by atoms with Gasteiger partial charge in [-0.15, -0.1) is 0 Å². The molecule has 0 aromatic heterocycles. The number of nitriles is 1. The molecule has 2 aliphatic carbocycles. The second kappa shape index (κ2) is 50.7. The molecular formula is C15H26NO2Ru2+2. The molecule has 117 valence electrons. The van der Waals surface area contributed by atoms with Crippen LogP contribution in [0, 0.1) is 32.1 Å². The van der Waals surface area contributed by atoms with Gasteiger partial charge in [-0.05, 0) is 0 Å². The van der Waals surface area contributed by atoms with Crippen LogP contribution in [0.25, 0.3) is 0 Å². The van der Waals surface area contributed by atoms with Crippen molar-refractivity contribution in [1.29, 1.82) is 5.26 Å². The van der Waals surface area contributed by atoms with Gasteiger partial charge in [-0.2, -0.15) is 5.26 Å². The van der Waals surface area contributed by atoms with Crippen LogP contribution in [0.2, 0.25) is 0 Å². The molecule has 2 fully saturated rings. The zero-order chi connectivity index (χ0) is 13.8. The van der Waals surface area contributed by atoms with Gasteiger partial charge >= 0.3 is 61.6 Å². The van der Waals surface area contributed by atoms with Gasteiger partial charge < -0.3 is 7.43 Å². The molecule has 0 spiro atoms. The summed E-state index contributed by atoms with van der Waals surface area (Å²) in [5.41, 5.74) is 0. The van der Waals surface area contributed by atoms with Crippen LogP contribution < -0.4 is 0 Å². The van der Waals surface area contributed by atoms with Gasteiger partial charge in [0.05, 0.1) is 6.07 Å². The van der Waals surface area contributed by atoms with E-state index in [-0.39, 0.29) is 46.4 Å². The Kier molecular flexibility index (Phi) is 93.6. The average Bonchev–Trinajstić information content (AvgIpc) is 3.13. The van der Waals surface area contributed by atoms with E-state index in [1.54, 1.807) is 6.07 Å². The van der Waals surface area contributed by atoms with Gasteiger partial charge in [0.15, 0.2) is 0 Å². The van der Waals surface area contributed by atoms with E-state index in [0.29, 0.717) is 0 Å². The standard InChI is InChI=1S/2C5H10.C2H3N.2CO.CH3.2Ru/c2*1-2-4-5-3-1;1-2-3;2*1-2;;;/h2*1-5H2;1H3;;;1H3;;/q;;;;;-1;+1;+2. The molecule has 0 amide bonds. The van der Waals surface area contributed by atoms with Crippen LogP contribution in [-0.2, 0) is 48.3 Å². The maximum absolute atomic E-state index is 7.50. The Morgan fingerprint density at radius 3 is 0.800 bits per heavy atom. The van der Waals surface area contributed by atoms with Crippen LogP contribution in [-0.4, -0.2) is 0 Å². The molecule has 2 aliphatic rings. The third-order valence-corrected chi connectivity index (χ3v) is 2.50. The topological polar surface area (TPSA) is 63.6 Å². The van der Waals surface area contributed by atoms with Crippen LogP contribution in [0.1, 0.15) is 71.1 Å². The molecule has 0 aromatic carbocycles. The van der Waals surface area contributed by atoms with Crippen LogP contribution in [0.4, 0.5) is 0 Å². The van der Waals surface area contributed by atoms with Gasteiger partial charge in [0.1, 0.15) is 0 Å². The summed E-state index contributed by atoms with van der Waals surface area (Å²) < 4.78 is 15.0. The fourth-order valence-corrected chi connectivity index (χ4v) is 1.77. The molecule has 1 radical (unpaired) electrons. The van der Waals surface area contributed by atoms with E-state index < -0.39 is 0 Å². The monoisotopic (exact) mass is 456 g/mol. The SMILES string of the molecule is C1CCCC1.C1CCCC1.CC#N.[C-]#[O+].[C-]#[O+].[CH3-].[Ru+2].[Ru+]. The molecule has 0 aliphatic heterocycles. The van der Waals surface area contributed by atoms with Gasteiger partial charge in [0.2, 0.25) is 0 Å². The normalized spacial score (nSPS) is 12.6. The molecule has 3 nitrogen and oxygen atoms in total. The van der Waals surface area contributed by atoms with Crippen molar-refractivity contribution in [2.24, 2.45) is 0 Å². The van der Waals surface area contributed by atoms with Crippen LogP contribution >= 0.6 is 0 Å². The summed E-state index contributed by atoms with van der Waals surface area (Å²) in [6, 6.07) is 1.75. The summed E-state index contributed by atoms with van der Waals surface area (Å²) in [7, 11) is 0. The predicted octanol–water partition coefficient (Wildman–Crippen LogP) is 4.80. The first kappa shape index (κ1) is 36.9. The van der Waals surface area contributed by atoms with E-state index in [9.17, 15) is 0 Å². The molecule has 0 unspecified atom stereocenters. The largest absolute Gasteiger partial charge is 2.00 e. The Balaban J connectivity index is -0.0000000313. The van der Waals surface area contributed by atoms with Gasteiger partial charge in [-0.3, -0.25) is 0 Å². The van der Waals surface area contributed by atoms with Crippen molar-refractivity contribution < 1.29 is 48.3 Å². The fourth-order valence-electron chi connectivity index (χ4n) is 1.77. The molecule has 0 bridgehead atoms. The zero-order valence-electron chi connectivity index (χ0n) is 12.5. The Labute approximate surface area is 151 Å². The molecule has 0 heterocycles. The van der Waals surface area contributed by atoms with Crippen LogP contribution in [0.15, 0.2) is 0 Å². The van der Waals surface area contributed by atoms with E-state index >= 15 is 0 Å². The second-order valence-electron chi connectivity index (χ2n) is 3.76. The van der Waals surface area contributed by atoms with Crippen molar-refractivity contribution in [3.63, 3.8) is 0 Å². The minimum Gasteiger partial charge on any atom is -0.358 e. The molecule has 0 atom stereocenters. The molecule has 0 N–H and O–H groups in total. The second-order valence-corrected chi connectivity index (χ2v) is 3.76. The van der Waals surface area contributed by atoms with Gasteiger partial charge in [-0.25, -0.2) is 0 Å². The molecule has 2 saturated carbocycles. The Morgan fingerprint density at radius 2 is 0.750 bits per heavy atom. The maximum Gasteiger partial charge on any atom is 2.00 e. The third-order valence-electron chi connectivity index (χ3n) is 2.50. The van der Waals surface area contributed by atoms with Crippen molar-refractivity contribution >= 4 is 0 Å². The van der Waals surface area contributed by atoms with E-state index in [1.807, 2.05) is 0 Å². The smallest absolute Gasteiger partial charge is 0.358 e. The van der Waals surface area contributed by atoms with Crippen molar-refractivity contribution in [3.05, 3.63) is 20.7 Å². The average molecular weight is 455 g/mol. The van der Waals surface area contributed by atoms with Gasteiger partial charge in [0, 0.05) is 6.92 Å². The first-order chi connectivity index (χ1) is 8.41. The summed E-state index contributed by atoms with van der Waals surface area (Å²) in [6.07, 6.45) is 15.0. The third kappa shape index (κ3) is 51.7. The first-order valence-corrected chi connectivity index (χ1v) is 6.13. The predicted molar refractivity (Wildman–Crippen MR) is 71.7 cm³/mol. The van der Waals surface area contributed by atoms with Crippen molar-refractivity contribution in [2.45, 2.75) is 71.1 Å². The van der Waals surface area contributed by atoms with Gasteiger partial charge in [-0.1, -0.05) is 64.2 Å². The minimum atomic E-state index is 0. The molecule has 0 saturated heterocycles. The van der Waals surface area contributed by atoms with Crippen molar-refractivity contribution in [3.8, 4) is 6.07 Å². The zero-order valence-corrected chi connectivity index (χ0v) is 16.0. The quantitative estimate of drug-likeness (QED) is 0.295. The molecule has 20 heavy (non-hydrogen) atoms. The summed E-state index contributed by atoms with van der Waals surface area (Å²) >= 11 is 0. The molecule has 5 heteroatoms. The van der Waals surface area contributed by atoms with E-state index in [4.69, 9.17) is 14.6 Å². The van der Waals surface area contributed by atoms with E-state index in [2.05, 4.69) is 13.3 Å². The minimum absolute atomic E-state index is 0. The fraction of sp³-hybridized carbons (Fsp3) is 0.733. The summed E-state index contributed by atoms with van der Waals surface area (Å²) in [5.74, 6) is 0. The van der Waals surface area contributed by atoms with Gasteiger partial charge in [0.25, 0.3) is 0 Å². The number of nitrogens with zero attached hydrogens (tertiary/aromatic N) is 1. The summed E-state index contributed by atoms with van der Waals surface area (Å²) in [5, 5.41) is 7.32.